The number of sulfonamides is 1. The van der Waals surface area contributed by atoms with Crippen LogP contribution in [0.2, 0.25) is 0 Å². The number of thiophene rings is 1. The van der Waals surface area contributed by atoms with Crippen molar-refractivity contribution in [1.82, 2.24) is 14.4 Å². The van der Waals surface area contributed by atoms with Gasteiger partial charge in [-0.15, -0.1) is 11.3 Å². The van der Waals surface area contributed by atoms with E-state index >= 15 is 0 Å². The van der Waals surface area contributed by atoms with Gasteiger partial charge in [-0.2, -0.15) is 9.29 Å². The standard InChI is InChI=1S/C18H19N3O4S2/c1-24-15-6-4-13(5-7-15)17-19-18(25-20-17)14-8-10-21(11-9-14)27(22,23)16-3-2-12-26-16/h2-7,12,14H,8-11H2,1H3. The van der Waals surface area contributed by atoms with Gasteiger partial charge < -0.3 is 9.26 Å². The average Bonchev–Trinajstić information content (AvgIpc) is 3.41. The van der Waals surface area contributed by atoms with Crippen LogP contribution in [0.4, 0.5) is 0 Å². The van der Waals surface area contributed by atoms with Crippen LogP contribution in [0.1, 0.15) is 24.7 Å². The van der Waals surface area contributed by atoms with Gasteiger partial charge in [-0.3, -0.25) is 0 Å². The van der Waals surface area contributed by atoms with E-state index in [0.29, 0.717) is 41.9 Å². The summed E-state index contributed by atoms with van der Waals surface area (Å²) < 4.78 is 37.7. The molecule has 142 valence electrons. The summed E-state index contributed by atoms with van der Waals surface area (Å²) in [5.74, 6) is 1.93. The number of nitrogens with zero attached hydrogens (tertiary/aromatic N) is 3. The number of aromatic nitrogens is 2. The molecule has 1 aromatic carbocycles. The summed E-state index contributed by atoms with van der Waals surface area (Å²) in [6, 6.07) is 10.8. The van der Waals surface area contributed by atoms with Gasteiger partial charge >= 0.3 is 0 Å². The molecule has 1 aliphatic heterocycles. The number of hydrogen-bond donors (Lipinski definition) is 0. The summed E-state index contributed by atoms with van der Waals surface area (Å²) in [6.07, 6.45) is 1.32. The van der Waals surface area contributed by atoms with Crippen LogP contribution in [0.25, 0.3) is 11.4 Å². The lowest BCUT2D eigenvalue weighted by atomic mass is 9.98. The van der Waals surface area contributed by atoms with E-state index < -0.39 is 10.0 Å². The Kier molecular flexibility index (Phi) is 4.98. The Hall–Kier alpha value is -2.23. The highest BCUT2D eigenvalue weighted by Gasteiger charge is 2.32. The first-order valence-corrected chi connectivity index (χ1v) is 10.9. The minimum Gasteiger partial charge on any atom is -0.497 e. The van der Waals surface area contributed by atoms with Crippen molar-refractivity contribution in [3.05, 3.63) is 47.7 Å². The van der Waals surface area contributed by atoms with Crippen molar-refractivity contribution in [2.45, 2.75) is 23.0 Å². The lowest BCUT2D eigenvalue weighted by Crippen LogP contribution is -2.37. The fourth-order valence-corrected chi connectivity index (χ4v) is 5.75. The molecule has 1 saturated heterocycles. The molecule has 1 aliphatic rings. The molecule has 0 radical (unpaired) electrons. The monoisotopic (exact) mass is 405 g/mol. The van der Waals surface area contributed by atoms with E-state index in [-0.39, 0.29) is 5.92 Å². The molecule has 3 heterocycles. The molecule has 0 amide bonds. The molecule has 1 fully saturated rings. The summed E-state index contributed by atoms with van der Waals surface area (Å²) in [4.78, 5) is 4.51. The zero-order valence-corrected chi connectivity index (χ0v) is 16.4. The highest BCUT2D eigenvalue weighted by Crippen LogP contribution is 2.32. The molecular formula is C18H19N3O4S2. The largest absolute Gasteiger partial charge is 0.497 e. The molecule has 7 nitrogen and oxygen atoms in total. The van der Waals surface area contributed by atoms with Crippen LogP contribution in [0.3, 0.4) is 0 Å². The summed E-state index contributed by atoms with van der Waals surface area (Å²) in [5.41, 5.74) is 0.850. The Morgan fingerprint density at radius 2 is 1.93 bits per heavy atom. The maximum atomic E-state index is 12.6. The van der Waals surface area contributed by atoms with Crippen molar-refractivity contribution < 1.29 is 17.7 Å². The molecule has 9 heteroatoms. The maximum Gasteiger partial charge on any atom is 0.252 e. The van der Waals surface area contributed by atoms with Gasteiger partial charge in [0.2, 0.25) is 11.7 Å². The predicted molar refractivity (Wildman–Crippen MR) is 101 cm³/mol. The van der Waals surface area contributed by atoms with Crippen LogP contribution in [0.5, 0.6) is 5.75 Å². The Bertz CT molecular complexity index is 990. The fraction of sp³-hybridized carbons (Fsp3) is 0.333. The van der Waals surface area contributed by atoms with Crippen molar-refractivity contribution in [3.63, 3.8) is 0 Å². The maximum absolute atomic E-state index is 12.6. The van der Waals surface area contributed by atoms with Gasteiger partial charge in [0.25, 0.3) is 10.0 Å². The van der Waals surface area contributed by atoms with Gasteiger partial charge in [0.1, 0.15) is 9.96 Å². The normalized spacial score (nSPS) is 16.5. The molecular weight excluding hydrogens is 386 g/mol. The molecule has 0 saturated carbocycles. The van der Waals surface area contributed by atoms with E-state index in [1.807, 2.05) is 24.3 Å². The van der Waals surface area contributed by atoms with Crippen LogP contribution < -0.4 is 4.74 Å². The zero-order chi connectivity index (χ0) is 18.9. The quantitative estimate of drug-likeness (QED) is 0.647. The first kappa shape index (κ1) is 18.1. The number of piperidine rings is 1. The van der Waals surface area contributed by atoms with Crippen LogP contribution >= 0.6 is 11.3 Å². The lowest BCUT2D eigenvalue weighted by molar-refractivity contribution is 0.271. The number of rotatable bonds is 5. The second-order valence-electron chi connectivity index (χ2n) is 6.30. The van der Waals surface area contributed by atoms with Gasteiger partial charge in [0.15, 0.2) is 0 Å². The van der Waals surface area contributed by atoms with Crippen molar-refractivity contribution in [1.29, 1.82) is 0 Å². The second-order valence-corrected chi connectivity index (χ2v) is 9.41. The molecule has 4 rings (SSSR count). The topological polar surface area (TPSA) is 85.5 Å². The third-order valence-corrected chi connectivity index (χ3v) is 7.95. The second kappa shape index (κ2) is 7.41. The third kappa shape index (κ3) is 3.62. The van der Waals surface area contributed by atoms with E-state index in [1.54, 1.807) is 24.6 Å². The molecule has 2 aromatic heterocycles. The Labute approximate surface area is 161 Å². The van der Waals surface area contributed by atoms with Crippen molar-refractivity contribution in [2.24, 2.45) is 0 Å². The van der Waals surface area contributed by atoms with E-state index in [1.165, 1.54) is 15.6 Å². The number of methoxy groups -OCH3 is 1. The Morgan fingerprint density at radius 3 is 2.56 bits per heavy atom. The first-order valence-electron chi connectivity index (χ1n) is 8.59. The molecule has 0 N–H and O–H groups in total. The molecule has 0 aliphatic carbocycles. The summed E-state index contributed by atoms with van der Waals surface area (Å²) in [7, 11) is -1.78. The van der Waals surface area contributed by atoms with Gasteiger partial charge in [-0.05, 0) is 48.6 Å². The summed E-state index contributed by atoms with van der Waals surface area (Å²) >= 11 is 1.24. The Balaban J connectivity index is 1.44. The molecule has 0 spiro atoms. The van der Waals surface area contributed by atoms with Gasteiger partial charge in [0, 0.05) is 24.6 Å². The molecule has 0 bridgehead atoms. The number of hydrogen-bond acceptors (Lipinski definition) is 7. The molecule has 0 unspecified atom stereocenters. The molecule has 3 aromatic rings. The van der Waals surface area contributed by atoms with Crippen LogP contribution in [0.15, 0.2) is 50.5 Å². The highest BCUT2D eigenvalue weighted by molar-refractivity contribution is 7.91. The van der Waals surface area contributed by atoms with Crippen molar-refractivity contribution in [3.8, 4) is 17.1 Å². The minimum atomic E-state index is -3.40. The zero-order valence-electron chi connectivity index (χ0n) is 14.7. The smallest absolute Gasteiger partial charge is 0.252 e. The van der Waals surface area contributed by atoms with E-state index in [2.05, 4.69) is 10.1 Å². The Morgan fingerprint density at radius 1 is 1.19 bits per heavy atom. The van der Waals surface area contributed by atoms with Gasteiger partial charge in [0.05, 0.1) is 7.11 Å². The lowest BCUT2D eigenvalue weighted by Gasteiger charge is -2.29. The van der Waals surface area contributed by atoms with Gasteiger partial charge in [-0.25, -0.2) is 8.42 Å². The minimum absolute atomic E-state index is 0.0688. The van der Waals surface area contributed by atoms with E-state index in [9.17, 15) is 8.42 Å². The fourth-order valence-electron chi connectivity index (χ4n) is 3.14. The van der Waals surface area contributed by atoms with Crippen molar-refractivity contribution >= 4 is 21.4 Å². The predicted octanol–water partition coefficient (Wildman–Crippen LogP) is 3.38. The average molecular weight is 406 g/mol. The van der Waals surface area contributed by atoms with Crippen LogP contribution in [-0.4, -0.2) is 43.1 Å². The third-order valence-electron chi connectivity index (χ3n) is 4.68. The summed E-state index contributed by atoms with van der Waals surface area (Å²) in [5, 5.41) is 5.84. The molecule has 27 heavy (non-hydrogen) atoms. The van der Waals surface area contributed by atoms with Crippen molar-refractivity contribution in [2.75, 3.05) is 20.2 Å². The van der Waals surface area contributed by atoms with Gasteiger partial charge in [-0.1, -0.05) is 11.2 Å². The van der Waals surface area contributed by atoms with Crippen LogP contribution in [-0.2, 0) is 10.0 Å². The molecule has 0 atom stereocenters. The van der Waals surface area contributed by atoms with E-state index in [4.69, 9.17) is 9.26 Å². The summed E-state index contributed by atoms with van der Waals surface area (Å²) in [6.45, 7) is 0.899. The first-order chi connectivity index (χ1) is 13.1. The van der Waals surface area contributed by atoms with Crippen LogP contribution in [0, 0.1) is 0 Å². The van der Waals surface area contributed by atoms with E-state index in [0.717, 1.165) is 11.3 Å². The number of benzene rings is 1. The SMILES string of the molecule is COc1ccc(-c2noc(C3CCN(S(=O)(=O)c4cccs4)CC3)n2)cc1. The highest BCUT2D eigenvalue weighted by atomic mass is 32.2. The number of ether oxygens (including phenoxy) is 1.